The zero-order chi connectivity index (χ0) is 15.3. The summed E-state index contributed by atoms with van der Waals surface area (Å²) in [6, 6.07) is 5.33. The molecule has 2 heterocycles. The fraction of sp³-hybridized carbons (Fsp3) is 0.538. The third-order valence-corrected chi connectivity index (χ3v) is 5.73. The molecule has 116 valence electrons. The van der Waals surface area contributed by atoms with E-state index < -0.39 is 20.2 Å². The van der Waals surface area contributed by atoms with Gasteiger partial charge in [-0.3, -0.25) is 0 Å². The quantitative estimate of drug-likeness (QED) is 0.902. The van der Waals surface area contributed by atoms with Crippen molar-refractivity contribution in [1.29, 1.82) is 0 Å². The molecule has 0 amide bonds. The third kappa shape index (κ3) is 2.40. The Kier molecular flexibility index (Phi) is 3.40. The summed E-state index contributed by atoms with van der Waals surface area (Å²) in [6.45, 7) is 2.66. The van der Waals surface area contributed by atoms with Crippen LogP contribution in [-0.2, 0) is 9.84 Å². The van der Waals surface area contributed by atoms with Gasteiger partial charge < -0.3 is 10.2 Å². The summed E-state index contributed by atoms with van der Waals surface area (Å²) < 4.78 is 60.1. The summed E-state index contributed by atoms with van der Waals surface area (Å²) in [6.07, 6.45) is 1.04. The fourth-order valence-corrected chi connectivity index (χ4v) is 3.88. The molecule has 0 spiro atoms. The Bertz CT molecular complexity index is 628. The lowest BCUT2D eigenvalue weighted by atomic mass is 10.1. The van der Waals surface area contributed by atoms with E-state index in [9.17, 15) is 21.6 Å². The van der Waals surface area contributed by atoms with Crippen molar-refractivity contribution in [3.8, 4) is 0 Å². The van der Waals surface area contributed by atoms with E-state index in [0.717, 1.165) is 43.9 Å². The first-order valence-corrected chi connectivity index (χ1v) is 8.18. The van der Waals surface area contributed by atoms with Crippen LogP contribution in [0.2, 0.25) is 0 Å². The van der Waals surface area contributed by atoms with Crippen molar-refractivity contribution in [2.75, 3.05) is 24.5 Å². The predicted molar refractivity (Wildman–Crippen MR) is 71.8 cm³/mol. The van der Waals surface area contributed by atoms with Gasteiger partial charge in [-0.2, -0.15) is 13.2 Å². The van der Waals surface area contributed by atoms with Gasteiger partial charge in [0.1, 0.15) is 0 Å². The largest absolute Gasteiger partial charge is 0.501 e. The van der Waals surface area contributed by atoms with E-state index in [2.05, 4.69) is 10.2 Å². The Labute approximate surface area is 120 Å². The van der Waals surface area contributed by atoms with Crippen molar-refractivity contribution in [3.63, 3.8) is 0 Å². The van der Waals surface area contributed by atoms with Crippen LogP contribution in [0.15, 0.2) is 29.2 Å². The smallest absolute Gasteiger partial charge is 0.367 e. The molecule has 8 heteroatoms. The highest BCUT2D eigenvalue weighted by Crippen LogP contribution is 2.34. The van der Waals surface area contributed by atoms with Crippen LogP contribution in [0.25, 0.3) is 0 Å². The van der Waals surface area contributed by atoms with Gasteiger partial charge in [-0.15, -0.1) is 0 Å². The number of sulfone groups is 1. The summed E-state index contributed by atoms with van der Waals surface area (Å²) in [4.78, 5) is 1.42. The van der Waals surface area contributed by atoms with Gasteiger partial charge in [0.15, 0.2) is 0 Å². The fourth-order valence-electron chi connectivity index (χ4n) is 3.12. The maximum absolute atomic E-state index is 12.5. The Balaban J connectivity index is 1.85. The number of halogens is 3. The van der Waals surface area contributed by atoms with Gasteiger partial charge in [0.25, 0.3) is 9.84 Å². The Morgan fingerprint density at radius 1 is 1.14 bits per heavy atom. The number of nitrogens with zero attached hydrogens (tertiary/aromatic N) is 1. The van der Waals surface area contributed by atoms with E-state index in [4.69, 9.17) is 0 Å². The zero-order valence-corrected chi connectivity index (χ0v) is 11.9. The molecule has 4 nitrogen and oxygen atoms in total. The number of hydrogen-bond acceptors (Lipinski definition) is 4. The van der Waals surface area contributed by atoms with Crippen molar-refractivity contribution >= 4 is 15.5 Å². The standard InChI is InChI=1S/C13H15F3N2O2S/c14-13(15,16)21(19,20)11-3-1-10(2-4-11)18-6-5-9-7-17-8-12(9)18/h1-4,9,12,17H,5-8H2/t9-,12+/m0/s1. The van der Waals surface area contributed by atoms with E-state index in [1.807, 2.05) is 0 Å². The second-order valence-electron chi connectivity index (χ2n) is 5.41. The summed E-state index contributed by atoms with van der Waals surface area (Å²) in [5.41, 5.74) is -4.49. The lowest BCUT2D eigenvalue weighted by Crippen LogP contribution is -2.34. The van der Waals surface area contributed by atoms with Gasteiger partial charge in [0, 0.05) is 31.4 Å². The molecule has 2 aliphatic rings. The molecule has 1 aromatic rings. The highest BCUT2D eigenvalue weighted by atomic mass is 32.2. The van der Waals surface area contributed by atoms with Crippen LogP contribution in [0, 0.1) is 5.92 Å². The number of nitrogens with one attached hydrogen (secondary N) is 1. The van der Waals surface area contributed by atoms with Crippen molar-refractivity contribution in [1.82, 2.24) is 5.32 Å². The van der Waals surface area contributed by atoms with E-state index in [1.54, 1.807) is 0 Å². The topological polar surface area (TPSA) is 49.4 Å². The molecule has 1 N–H and O–H groups in total. The molecule has 2 aliphatic heterocycles. The Morgan fingerprint density at radius 2 is 1.81 bits per heavy atom. The van der Waals surface area contributed by atoms with Crippen LogP contribution < -0.4 is 10.2 Å². The second kappa shape index (κ2) is 4.88. The number of fused-ring (bicyclic) bond motifs is 1. The van der Waals surface area contributed by atoms with E-state index in [1.165, 1.54) is 12.1 Å². The van der Waals surface area contributed by atoms with Crippen LogP contribution >= 0.6 is 0 Å². The lowest BCUT2D eigenvalue weighted by Gasteiger charge is -2.25. The first-order chi connectivity index (χ1) is 9.80. The molecule has 0 unspecified atom stereocenters. The van der Waals surface area contributed by atoms with Gasteiger partial charge in [0.2, 0.25) is 0 Å². The van der Waals surface area contributed by atoms with E-state index >= 15 is 0 Å². The minimum Gasteiger partial charge on any atom is -0.367 e. The van der Waals surface area contributed by atoms with Gasteiger partial charge in [-0.25, -0.2) is 8.42 Å². The molecule has 21 heavy (non-hydrogen) atoms. The van der Waals surface area contributed by atoms with Crippen molar-refractivity contribution in [2.45, 2.75) is 22.9 Å². The van der Waals surface area contributed by atoms with Crippen LogP contribution in [-0.4, -0.2) is 39.6 Å². The molecule has 2 atom stereocenters. The second-order valence-corrected chi connectivity index (χ2v) is 7.35. The third-order valence-electron chi connectivity index (χ3n) is 4.23. The van der Waals surface area contributed by atoms with Crippen LogP contribution in [0.1, 0.15) is 6.42 Å². The molecule has 0 radical (unpaired) electrons. The van der Waals surface area contributed by atoms with Gasteiger partial charge in [-0.05, 0) is 36.6 Å². The maximum atomic E-state index is 12.5. The van der Waals surface area contributed by atoms with Gasteiger partial charge >= 0.3 is 5.51 Å². The van der Waals surface area contributed by atoms with Crippen LogP contribution in [0.4, 0.5) is 18.9 Å². The lowest BCUT2D eigenvalue weighted by molar-refractivity contribution is -0.0436. The van der Waals surface area contributed by atoms with E-state index in [-0.39, 0.29) is 0 Å². The molecule has 3 rings (SSSR count). The number of benzene rings is 1. The average Bonchev–Trinajstić information content (AvgIpc) is 2.99. The Morgan fingerprint density at radius 3 is 2.43 bits per heavy atom. The minimum atomic E-state index is -5.27. The van der Waals surface area contributed by atoms with E-state index in [0.29, 0.717) is 12.0 Å². The summed E-state index contributed by atoms with van der Waals surface area (Å²) in [5, 5.41) is 3.29. The Hall–Kier alpha value is -1.28. The summed E-state index contributed by atoms with van der Waals surface area (Å²) in [7, 11) is -5.27. The van der Waals surface area contributed by atoms with Gasteiger partial charge in [-0.1, -0.05) is 0 Å². The monoisotopic (exact) mass is 320 g/mol. The molecule has 2 fully saturated rings. The number of rotatable bonds is 2. The molecule has 0 aromatic heterocycles. The highest BCUT2D eigenvalue weighted by molar-refractivity contribution is 7.92. The molecular weight excluding hydrogens is 305 g/mol. The molecule has 1 aromatic carbocycles. The molecule has 0 aliphatic carbocycles. The first-order valence-electron chi connectivity index (χ1n) is 6.69. The summed E-state index contributed by atoms with van der Waals surface area (Å²) >= 11 is 0. The number of anilines is 1. The molecule has 2 saturated heterocycles. The highest BCUT2D eigenvalue weighted by Gasteiger charge is 2.47. The van der Waals surface area contributed by atoms with Crippen molar-refractivity contribution < 1.29 is 21.6 Å². The zero-order valence-electron chi connectivity index (χ0n) is 11.1. The van der Waals surface area contributed by atoms with Crippen LogP contribution in [0.3, 0.4) is 0 Å². The van der Waals surface area contributed by atoms with Crippen molar-refractivity contribution in [3.05, 3.63) is 24.3 Å². The minimum absolute atomic E-state index is 0.343. The van der Waals surface area contributed by atoms with Crippen molar-refractivity contribution in [2.24, 2.45) is 5.92 Å². The first kappa shape index (κ1) is 14.6. The van der Waals surface area contributed by atoms with Gasteiger partial charge in [0.05, 0.1) is 4.90 Å². The average molecular weight is 320 g/mol. The summed E-state index contributed by atoms with van der Waals surface area (Å²) in [5.74, 6) is 0.559. The predicted octanol–water partition coefficient (Wildman–Crippen LogP) is 1.78. The molecule has 0 saturated carbocycles. The van der Waals surface area contributed by atoms with Crippen LogP contribution in [0.5, 0.6) is 0 Å². The SMILES string of the molecule is O=S(=O)(c1ccc(N2CC[C@H]3CNC[C@H]32)cc1)C(F)(F)F. The molecular formula is C13H15F3N2O2S. The number of hydrogen-bond donors (Lipinski definition) is 1. The molecule has 0 bridgehead atoms. The number of alkyl halides is 3. The maximum Gasteiger partial charge on any atom is 0.501 e. The normalized spacial score (nSPS) is 26.1.